The van der Waals surface area contributed by atoms with Crippen LogP contribution in [-0.4, -0.2) is 46.0 Å². The van der Waals surface area contributed by atoms with E-state index >= 15 is 0 Å². The Kier molecular flexibility index (Phi) is 6.33. The SMILES string of the molecule is CCN(CCOC)C(=O)c1cc(S(N)(=O)=O)cc(Br)c1C. The van der Waals surface area contributed by atoms with E-state index in [1.54, 1.807) is 18.9 Å². The third-order valence-electron chi connectivity index (χ3n) is 3.11. The quantitative estimate of drug-likeness (QED) is 0.812. The molecule has 1 amide bonds. The first-order valence-corrected chi connectivity index (χ1v) is 8.67. The highest BCUT2D eigenvalue weighted by Gasteiger charge is 2.21. The van der Waals surface area contributed by atoms with Crippen molar-refractivity contribution in [3.05, 3.63) is 27.7 Å². The van der Waals surface area contributed by atoms with Crippen LogP contribution in [0, 0.1) is 6.92 Å². The lowest BCUT2D eigenvalue weighted by molar-refractivity contribution is 0.0705. The monoisotopic (exact) mass is 378 g/mol. The second-order valence-corrected chi connectivity index (χ2v) is 6.92. The Bertz CT molecular complexity index is 631. The van der Waals surface area contributed by atoms with E-state index in [9.17, 15) is 13.2 Å². The van der Waals surface area contributed by atoms with Crippen molar-refractivity contribution in [2.75, 3.05) is 26.8 Å². The first kappa shape index (κ1) is 18.1. The zero-order chi connectivity index (χ0) is 16.2. The van der Waals surface area contributed by atoms with Crippen LogP contribution in [0.15, 0.2) is 21.5 Å². The van der Waals surface area contributed by atoms with Gasteiger partial charge in [-0.1, -0.05) is 15.9 Å². The number of nitrogens with two attached hydrogens (primary N) is 1. The fourth-order valence-electron chi connectivity index (χ4n) is 1.82. The van der Waals surface area contributed by atoms with Crippen LogP contribution in [0.2, 0.25) is 0 Å². The number of nitrogens with zero attached hydrogens (tertiary/aromatic N) is 1. The summed E-state index contributed by atoms with van der Waals surface area (Å²) in [5, 5.41) is 5.14. The molecule has 118 valence electrons. The van der Waals surface area contributed by atoms with Gasteiger partial charge in [0, 0.05) is 30.2 Å². The number of hydrogen-bond donors (Lipinski definition) is 1. The smallest absolute Gasteiger partial charge is 0.254 e. The molecule has 2 N–H and O–H groups in total. The largest absolute Gasteiger partial charge is 0.383 e. The molecule has 0 saturated carbocycles. The predicted molar refractivity (Wildman–Crippen MR) is 83.7 cm³/mol. The number of halogens is 1. The maximum Gasteiger partial charge on any atom is 0.254 e. The minimum atomic E-state index is -3.87. The van der Waals surface area contributed by atoms with Crippen LogP contribution in [-0.2, 0) is 14.8 Å². The number of hydrogen-bond acceptors (Lipinski definition) is 4. The third-order valence-corrected chi connectivity index (χ3v) is 4.83. The van der Waals surface area contributed by atoms with Crippen molar-refractivity contribution in [1.29, 1.82) is 0 Å². The molecule has 0 aromatic heterocycles. The van der Waals surface area contributed by atoms with E-state index in [1.165, 1.54) is 12.1 Å². The molecule has 0 saturated heterocycles. The standard InChI is InChI=1S/C13H19BrN2O4S/c1-4-16(5-6-20-3)13(17)11-7-10(21(15,18)19)8-12(14)9(11)2/h7-8H,4-6H2,1-3H3,(H2,15,18,19). The van der Waals surface area contributed by atoms with E-state index in [1.807, 2.05) is 6.92 Å². The molecule has 0 aliphatic carbocycles. The number of primary sulfonamides is 1. The molecule has 0 bridgehead atoms. The van der Waals surface area contributed by atoms with Gasteiger partial charge < -0.3 is 9.64 Å². The molecule has 0 aliphatic heterocycles. The van der Waals surface area contributed by atoms with Crippen molar-refractivity contribution in [3.63, 3.8) is 0 Å². The Labute approximate surface area is 133 Å². The van der Waals surface area contributed by atoms with Crippen molar-refractivity contribution in [2.24, 2.45) is 5.14 Å². The molecular weight excluding hydrogens is 360 g/mol. The van der Waals surface area contributed by atoms with Crippen LogP contribution in [0.4, 0.5) is 0 Å². The Morgan fingerprint density at radius 1 is 1.43 bits per heavy atom. The zero-order valence-electron chi connectivity index (χ0n) is 12.2. The fourth-order valence-corrected chi connectivity index (χ4v) is 2.99. The average molecular weight is 379 g/mol. The van der Waals surface area contributed by atoms with Gasteiger partial charge in [-0.05, 0) is 31.5 Å². The molecule has 0 fully saturated rings. The molecule has 0 spiro atoms. The molecule has 0 unspecified atom stereocenters. The summed E-state index contributed by atoms with van der Waals surface area (Å²) < 4.78 is 28.5. The van der Waals surface area contributed by atoms with Crippen LogP contribution >= 0.6 is 15.9 Å². The molecule has 6 nitrogen and oxygen atoms in total. The van der Waals surface area contributed by atoms with E-state index in [-0.39, 0.29) is 10.8 Å². The molecule has 21 heavy (non-hydrogen) atoms. The molecule has 8 heteroatoms. The van der Waals surface area contributed by atoms with E-state index in [4.69, 9.17) is 9.88 Å². The van der Waals surface area contributed by atoms with Crippen LogP contribution in [0.5, 0.6) is 0 Å². The lowest BCUT2D eigenvalue weighted by Crippen LogP contribution is -2.34. The first-order valence-electron chi connectivity index (χ1n) is 6.33. The number of rotatable bonds is 6. The summed E-state index contributed by atoms with van der Waals surface area (Å²) in [4.78, 5) is 14.0. The minimum absolute atomic E-state index is 0.0916. The van der Waals surface area contributed by atoms with E-state index in [2.05, 4.69) is 15.9 Å². The second-order valence-electron chi connectivity index (χ2n) is 4.50. The highest BCUT2D eigenvalue weighted by atomic mass is 79.9. The molecule has 0 radical (unpaired) electrons. The molecule has 0 aliphatic rings. The zero-order valence-corrected chi connectivity index (χ0v) is 14.6. The lowest BCUT2D eigenvalue weighted by Gasteiger charge is -2.22. The van der Waals surface area contributed by atoms with Gasteiger partial charge in [-0.2, -0.15) is 0 Å². The number of likely N-dealkylation sites (N-methyl/N-ethyl adjacent to an activating group) is 1. The summed E-state index contributed by atoms with van der Waals surface area (Å²) in [5.41, 5.74) is 0.981. The Morgan fingerprint density at radius 2 is 2.05 bits per heavy atom. The van der Waals surface area contributed by atoms with Crippen molar-refractivity contribution in [2.45, 2.75) is 18.7 Å². The van der Waals surface area contributed by atoms with Gasteiger partial charge in [0.25, 0.3) is 5.91 Å². The van der Waals surface area contributed by atoms with Gasteiger partial charge in [-0.3, -0.25) is 4.79 Å². The van der Waals surface area contributed by atoms with Crippen LogP contribution in [0.3, 0.4) is 0 Å². The molecule has 0 heterocycles. The number of methoxy groups -OCH3 is 1. The fraction of sp³-hybridized carbons (Fsp3) is 0.462. The summed E-state index contributed by atoms with van der Waals surface area (Å²) in [6, 6.07) is 2.71. The van der Waals surface area contributed by atoms with E-state index in [0.29, 0.717) is 35.3 Å². The van der Waals surface area contributed by atoms with Gasteiger partial charge in [0.1, 0.15) is 0 Å². The van der Waals surface area contributed by atoms with Gasteiger partial charge in [-0.15, -0.1) is 0 Å². The first-order chi connectivity index (χ1) is 9.72. The predicted octanol–water partition coefficient (Wildman–Crippen LogP) is 1.51. The number of sulfonamides is 1. The summed E-state index contributed by atoms with van der Waals surface area (Å²) in [6.45, 7) is 4.94. The highest BCUT2D eigenvalue weighted by Crippen LogP contribution is 2.25. The molecule has 1 rings (SSSR count). The molecule has 1 aromatic carbocycles. The van der Waals surface area contributed by atoms with Crippen molar-refractivity contribution in [1.82, 2.24) is 4.90 Å². The van der Waals surface area contributed by atoms with Gasteiger partial charge in [0.2, 0.25) is 10.0 Å². The van der Waals surface area contributed by atoms with Crippen molar-refractivity contribution >= 4 is 31.9 Å². The average Bonchev–Trinajstić information content (AvgIpc) is 2.41. The number of carbonyl (C=O) groups is 1. The van der Waals surface area contributed by atoms with Crippen LogP contribution < -0.4 is 5.14 Å². The van der Waals surface area contributed by atoms with Gasteiger partial charge >= 0.3 is 0 Å². The topological polar surface area (TPSA) is 89.7 Å². The number of amides is 1. The number of carbonyl (C=O) groups excluding carboxylic acids is 1. The number of benzene rings is 1. The maximum atomic E-state index is 12.5. The summed E-state index contributed by atoms with van der Waals surface area (Å²) in [7, 11) is -2.32. The third kappa shape index (κ3) is 4.50. The maximum absolute atomic E-state index is 12.5. The van der Waals surface area contributed by atoms with Crippen molar-refractivity contribution < 1.29 is 17.9 Å². The van der Waals surface area contributed by atoms with Gasteiger partial charge in [0.15, 0.2) is 0 Å². The Morgan fingerprint density at radius 3 is 2.52 bits per heavy atom. The van der Waals surface area contributed by atoms with E-state index in [0.717, 1.165) is 0 Å². The van der Waals surface area contributed by atoms with Crippen LogP contribution in [0.1, 0.15) is 22.8 Å². The van der Waals surface area contributed by atoms with Gasteiger partial charge in [-0.25, -0.2) is 13.6 Å². The summed E-state index contributed by atoms with van der Waals surface area (Å²) in [5.74, 6) is -0.252. The Balaban J connectivity index is 3.28. The summed E-state index contributed by atoms with van der Waals surface area (Å²) >= 11 is 3.27. The van der Waals surface area contributed by atoms with Crippen molar-refractivity contribution in [3.8, 4) is 0 Å². The molecule has 1 aromatic rings. The van der Waals surface area contributed by atoms with Gasteiger partial charge in [0.05, 0.1) is 11.5 Å². The minimum Gasteiger partial charge on any atom is -0.383 e. The second kappa shape index (κ2) is 7.35. The Hall–Kier alpha value is -0.960. The lowest BCUT2D eigenvalue weighted by atomic mass is 10.1. The number of ether oxygens (including phenoxy) is 1. The highest BCUT2D eigenvalue weighted by molar-refractivity contribution is 9.10. The van der Waals surface area contributed by atoms with Crippen LogP contribution in [0.25, 0.3) is 0 Å². The molecular formula is C13H19BrN2O4S. The van der Waals surface area contributed by atoms with E-state index < -0.39 is 10.0 Å². The molecule has 0 atom stereocenters. The summed E-state index contributed by atoms with van der Waals surface area (Å²) in [6.07, 6.45) is 0. The normalized spacial score (nSPS) is 11.5.